The second kappa shape index (κ2) is 7.26. The average molecular weight is 385 g/mol. The molecule has 0 radical (unpaired) electrons. The standard InChI is InChI=1S/C13H15N5O7S/c1-6-10(12(19)20)11(17-16-6)26(22,23)18-13(21)15-8-4-7(24-2)5-9(14-8)25-3/h4-5H,1-3H3,(H,16,17)(H,19,20)(H2,14,15,18,21). The first-order chi connectivity index (χ1) is 12.2. The smallest absolute Gasteiger partial charge is 0.340 e. The number of ether oxygens (including phenoxy) is 2. The van der Waals surface area contributed by atoms with E-state index in [2.05, 4.69) is 20.5 Å². The van der Waals surface area contributed by atoms with Gasteiger partial charge in [0, 0.05) is 12.1 Å². The molecule has 140 valence electrons. The van der Waals surface area contributed by atoms with E-state index in [0.717, 1.165) is 0 Å². The number of hydrogen-bond acceptors (Lipinski definition) is 8. The lowest BCUT2D eigenvalue weighted by Crippen LogP contribution is -2.35. The molecule has 0 atom stereocenters. The first-order valence-electron chi connectivity index (χ1n) is 6.90. The summed E-state index contributed by atoms with van der Waals surface area (Å²) in [7, 11) is -1.78. The zero-order chi connectivity index (χ0) is 19.5. The molecule has 0 aliphatic heterocycles. The van der Waals surface area contributed by atoms with E-state index < -0.39 is 32.6 Å². The third-order valence-corrected chi connectivity index (χ3v) is 4.37. The fraction of sp³-hybridized carbons (Fsp3) is 0.231. The number of nitrogens with zero attached hydrogens (tertiary/aromatic N) is 2. The van der Waals surface area contributed by atoms with Crippen molar-refractivity contribution < 1.29 is 32.6 Å². The van der Waals surface area contributed by atoms with Gasteiger partial charge in [0.25, 0.3) is 10.0 Å². The van der Waals surface area contributed by atoms with Crippen LogP contribution >= 0.6 is 0 Å². The Morgan fingerprint density at radius 3 is 2.50 bits per heavy atom. The highest BCUT2D eigenvalue weighted by Gasteiger charge is 2.29. The third-order valence-electron chi connectivity index (χ3n) is 3.09. The van der Waals surface area contributed by atoms with Crippen LogP contribution in [0.5, 0.6) is 11.6 Å². The molecule has 0 unspecified atom stereocenters. The number of amides is 2. The quantitative estimate of drug-likeness (QED) is 0.547. The fourth-order valence-electron chi connectivity index (χ4n) is 1.94. The average Bonchev–Trinajstić information content (AvgIpc) is 2.96. The Morgan fingerprint density at radius 2 is 1.92 bits per heavy atom. The highest BCUT2D eigenvalue weighted by molar-refractivity contribution is 7.90. The molecule has 2 aromatic rings. The summed E-state index contributed by atoms with van der Waals surface area (Å²) in [5.41, 5.74) is -0.607. The Hall–Kier alpha value is -3.35. The summed E-state index contributed by atoms with van der Waals surface area (Å²) in [6.45, 7) is 1.31. The molecular weight excluding hydrogens is 370 g/mol. The molecule has 26 heavy (non-hydrogen) atoms. The predicted octanol–water partition coefficient (Wildman–Crippen LogP) is 0.339. The van der Waals surface area contributed by atoms with Crippen LogP contribution in [0.25, 0.3) is 0 Å². The number of nitrogens with one attached hydrogen (secondary N) is 3. The molecule has 0 fully saturated rings. The number of aromatic carboxylic acids is 1. The van der Waals surface area contributed by atoms with Crippen LogP contribution in [0.4, 0.5) is 10.6 Å². The molecule has 2 rings (SSSR count). The molecule has 0 bridgehead atoms. The fourth-order valence-corrected chi connectivity index (χ4v) is 3.01. The predicted molar refractivity (Wildman–Crippen MR) is 87.0 cm³/mol. The number of carboxylic acid groups (broad SMARTS) is 1. The van der Waals surface area contributed by atoms with Crippen LogP contribution in [0, 0.1) is 6.92 Å². The largest absolute Gasteiger partial charge is 0.496 e. The van der Waals surface area contributed by atoms with Crippen LogP contribution in [-0.4, -0.2) is 54.9 Å². The minimum absolute atomic E-state index is 0.0440. The molecule has 2 heterocycles. The van der Waals surface area contributed by atoms with E-state index in [0.29, 0.717) is 5.75 Å². The van der Waals surface area contributed by atoms with Crippen molar-refractivity contribution in [3.8, 4) is 11.6 Å². The van der Waals surface area contributed by atoms with Crippen LogP contribution in [0.2, 0.25) is 0 Å². The molecule has 0 saturated heterocycles. The summed E-state index contributed by atoms with van der Waals surface area (Å²) in [4.78, 5) is 27.1. The van der Waals surface area contributed by atoms with Crippen molar-refractivity contribution >= 4 is 27.8 Å². The number of aromatic amines is 1. The molecule has 13 heteroatoms. The van der Waals surface area contributed by atoms with Crippen molar-refractivity contribution in [3.05, 3.63) is 23.4 Å². The SMILES string of the molecule is COc1cc(NC(=O)NS(=O)(=O)c2[nH]nc(C)c2C(=O)O)nc(OC)c1. The van der Waals surface area contributed by atoms with Gasteiger partial charge in [-0.1, -0.05) is 0 Å². The molecular formula is C13H15N5O7S. The minimum Gasteiger partial charge on any atom is -0.496 e. The van der Waals surface area contributed by atoms with Gasteiger partial charge < -0.3 is 14.6 Å². The second-order valence-electron chi connectivity index (χ2n) is 4.81. The van der Waals surface area contributed by atoms with E-state index in [1.807, 2.05) is 0 Å². The van der Waals surface area contributed by atoms with Gasteiger partial charge in [-0.3, -0.25) is 10.4 Å². The number of pyridine rings is 1. The van der Waals surface area contributed by atoms with Gasteiger partial charge in [-0.2, -0.15) is 18.5 Å². The molecule has 0 saturated carbocycles. The Labute approximate surface area is 147 Å². The van der Waals surface area contributed by atoms with Gasteiger partial charge in [0.05, 0.1) is 19.9 Å². The number of sulfonamides is 1. The van der Waals surface area contributed by atoms with Gasteiger partial charge in [-0.15, -0.1) is 0 Å². The lowest BCUT2D eigenvalue weighted by molar-refractivity contribution is 0.0691. The lowest BCUT2D eigenvalue weighted by Gasteiger charge is -2.10. The third kappa shape index (κ3) is 4.00. The van der Waals surface area contributed by atoms with Crippen molar-refractivity contribution in [1.82, 2.24) is 19.9 Å². The van der Waals surface area contributed by atoms with Crippen LogP contribution in [0.1, 0.15) is 16.1 Å². The maximum Gasteiger partial charge on any atom is 0.340 e. The molecule has 0 aromatic carbocycles. The Morgan fingerprint density at radius 1 is 1.23 bits per heavy atom. The van der Waals surface area contributed by atoms with E-state index in [1.165, 1.54) is 33.3 Å². The number of carboxylic acids is 1. The number of rotatable bonds is 6. The van der Waals surface area contributed by atoms with E-state index in [-0.39, 0.29) is 17.4 Å². The van der Waals surface area contributed by atoms with Gasteiger partial charge in [0.1, 0.15) is 17.1 Å². The summed E-state index contributed by atoms with van der Waals surface area (Å²) >= 11 is 0. The molecule has 2 amide bonds. The number of H-pyrrole nitrogens is 1. The number of carbonyl (C=O) groups excluding carboxylic acids is 1. The van der Waals surface area contributed by atoms with Crippen LogP contribution in [0.15, 0.2) is 17.2 Å². The number of hydrogen-bond donors (Lipinski definition) is 4. The number of urea groups is 1. The van der Waals surface area contributed by atoms with E-state index in [1.54, 1.807) is 4.72 Å². The lowest BCUT2D eigenvalue weighted by atomic mass is 10.3. The first-order valence-corrected chi connectivity index (χ1v) is 8.38. The Kier molecular flexibility index (Phi) is 5.30. The minimum atomic E-state index is -4.52. The van der Waals surface area contributed by atoms with E-state index >= 15 is 0 Å². The van der Waals surface area contributed by atoms with E-state index in [4.69, 9.17) is 14.6 Å². The highest BCUT2D eigenvalue weighted by atomic mass is 32.2. The normalized spacial score (nSPS) is 10.9. The van der Waals surface area contributed by atoms with Crippen molar-refractivity contribution in [2.45, 2.75) is 11.9 Å². The van der Waals surface area contributed by atoms with Crippen molar-refractivity contribution in [3.63, 3.8) is 0 Å². The highest BCUT2D eigenvalue weighted by Crippen LogP contribution is 2.22. The number of aromatic nitrogens is 3. The van der Waals surface area contributed by atoms with Crippen LogP contribution < -0.4 is 19.5 Å². The van der Waals surface area contributed by atoms with Gasteiger partial charge in [-0.05, 0) is 6.92 Å². The zero-order valence-corrected chi connectivity index (χ0v) is 14.7. The van der Waals surface area contributed by atoms with Gasteiger partial charge in [-0.25, -0.2) is 14.3 Å². The number of aryl methyl sites for hydroxylation is 1. The second-order valence-corrected chi connectivity index (χ2v) is 6.43. The van der Waals surface area contributed by atoms with Crippen LogP contribution in [-0.2, 0) is 10.0 Å². The topological polar surface area (TPSA) is 173 Å². The molecule has 0 aliphatic carbocycles. The summed E-state index contributed by atoms with van der Waals surface area (Å²) in [6.07, 6.45) is 0. The molecule has 4 N–H and O–H groups in total. The summed E-state index contributed by atoms with van der Waals surface area (Å²) in [5.74, 6) is -1.11. The monoisotopic (exact) mass is 385 g/mol. The van der Waals surface area contributed by atoms with Gasteiger partial charge >= 0.3 is 12.0 Å². The Bertz CT molecular complexity index is 932. The number of carbonyl (C=O) groups is 2. The Balaban J connectivity index is 2.23. The van der Waals surface area contributed by atoms with Gasteiger partial charge in [0.2, 0.25) is 5.88 Å². The van der Waals surface area contributed by atoms with Crippen molar-refractivity contribution in [2.75, 3.05) is 19.5 Å². The molecule has 0 spiro atoms. The summed E-state index contributed by atoms with van der Waals surface area (Å²) < 4.78 is 36.1. The van der Waals surface area contributed by atoms with Gasteiger partial charge in [0.15, 0.2) is 5.03 Å². The molecule has 0 aliphatic rings. The van der Waals surface area contributed by atoms with Crippen molar-refractivity contribution in [1.29, 1.82) is 0 Å². The first kappa shape index (κ1) is 19.0. The summed E-state index contributed by atoms with van der Waals surface area (Å²) in [5, 5.41) is 16.2. The summed E-state index contributed by atoms with van der Waals surface area (Å²) in [6, 6.07) is 1.61. The maximum atomic E-state index is 12.2. The number of anilines is 1. The maximum absolute atomic E-state index is 12.2. The molecule has 12 nitrogen and oxygen atoms in total. The van der Waals surface area contributed by atoms with Crippen LogP contribution in [0.3, 0.4) is 0 Å². The van der Waals surface area contributed by atoms with Crippen molar-refractivity contribution in [2.24, 2.45) is 0 Å². The molecule has 2 aromatic heterocycles. The zero-order valence-electron chi connectivity index (χ0n) is 13.9. The van der Waals surface area contributed by atoms with E-state index in [9.17, 15) is 18.0 Å². The number of methoxy groups -OCH3 is 2.